The van der Waals surface area contributed by atoms with E-state index < -0.39 is 47.3 Å². The van der Waals surface area contributed by atoms with Crippen LogP contribution in [0.3, 0.4) is 0 Å². The third-order valence-electron chi connectivity index (χ3n) is 3.78. The number of esters is 1. The molecule has 1 amide bonds. The molecule has 1 aliphatic rings. The van der Waals surface area contributed by atoms with Crippen molar-refractivity contribution < 1.29 is 58.6 Å². The number of rotatable bonds is 5. The Hall–Kier alpha value is -2.51. The lowest BCUT2D eigenvalue weighted by Crippen LogP contribution is -2.63. The summed E-state index contributed by atoms with van der Waals surface area (Å²) in [6, 6.07) is 3.42. The van der Waals surface area contributed by atoms with Crippen molar-refractivity contribution in [2.24, 2.45) is 0 Å². The Balaban J connectivity index is 2.29. The third kappa shape index (κ3) is 3.18. The molecule has 1 N–H and O–H groups in total. The fourth-order valence-corrected chi connectivity index (χ4v) is 2.21. The van der Waals surface area contributed by atoms with E-state index in [0.717, 1.165) is 24.3 Å². The summed E-state index contributed by atoms with van der Waals surface area (Å²) in [5.74, 6) is -29.8. The van der Waals surface area contributed by atoms with Gasteiger partial charge in [-0.3, -0.25) is 9.53 Å². The number of halogens is 9. The van der Waals surface area contributed by atoms with Crippen LogP contribution in [0.15, 0.2) is 24.3 Å². The van der Waals surface area contributed by atoms with Crippen molar-refractivity contribution in [3.63, 3.8) is 0 Å². The van der Waals surface area contributed by atoms with E-state index in [1.54, 1.807) is 0 Å². The minimum Gasteiger partial charge on any atom is -0.462 e. The molecule has 162 valence electrons. The van der Waals surface area contributed by atoms with Crippen LogP contribution in [0.5, 0.6) is 0 Å². The predicted molar refractivity (Wildman–Crippen MR) is 75.7 cm³/mol. The van der Waals surface area contributed by atoms with Gasteiger partial charge in [-0.05, 0) is 31.2 Å². The van der Waals surface area contributed by atoms with Crippen LogP contribution in [-0.2, 0) is 14.3 Å². The highest BCUT2D eigenvalue weighted by Gasteiger charge is 2.96. The fourth-order valence-electron chi connectivity index (χ4n) is 2.21. The third-order valence-corrected chi connectivity index (χ3v) is 3.78. The topological polar surface area (TPSA) is 64.6 Å². The molecule has 1 aromatic carbocycles. The molecule has 0 aliphatic carbocycles. The molecule has 1 atom stereocenters. The lowest BCUT2D eigenvalue weighted by Gasteiger charge is -2.31. The summed E-state index contributed by atoms with van der Waals surface area (Å²) in [6.07, 6.45) is -6.32. The molecule has 0 spiro atoms. The smallest absolute Gasteiger partial charge is 0.428 e. The molecule has 1 aliphatic heterocycles. The Labute approximate surface area is 155 Å². The molecular weight excluding hydrogens is 429 g/mol. The summed E-state index contributed by atoms with van der Waals surface area (Å²) in [7, 11) is 0. The van der Waals surface area contributed by atoms with Gasteiger partial charge in [-0.25, -0.2) is 4.79 Å². The summed E-state index contributed by atoms with van der Waals surface area (Å²) in [6.45, 7) is 1.47. The van der Waals surface area contributed by atoms with E-state index in [1.165, 1.54) is 12.2 Å². The Morgan fingerprint density at radius 1 is 1.00 bits per heavy atom. The summed E-state index contributed by atoms with van der Waals surface area (Å²) in [5, 5.41) is 1.19. The maximum Gasteiger partial charge on any atom is 0.428 e. The molecule has 2 rings (SSSR count). The van der Waals surface area contributed by atoms with Gasteiger partial charge in [-0.1, -0.05) is 0 Å². The summed E-state index contributed by atoms with van der Waals surface area (Å²) in [5.41, 5.74) is -0.755. The zero-order valence-electron chi connectivity index (χ0n) is 14.1. The van der Waals surface area contributed by atoms with Gasteiger partial charge in [0.1, 0.15) is 0 Å². The average Bonchev–Trinajstić information content (AvgIpc) is 2.70. The molecule has 0 radical (unpaired) electrons. The van der Waals surface area contributed by atoms with E-state index in [9.17, 15) is 49.1 Å². The first-order valence-corrected chi connectivity index (χ1v) is 7.54. The molecule has 0 bridgehead atoms. The second kappa shape index (κ2) is 6.78. The molecule has 5 nitrogen and oxygen atoms in total. The molecule has 1 heterocycles. The first-order valence-electron chi connectivity index (χ1n) is 7.54. The number of hydrogen-bond acceptors (Lipinski definition) is 4. The van der Waals surface area contributed by atoms with Gasteiger partial charge in [0, 0.05) is 5.69 Å². The van der Waals surface area contributed by atoms with E-state index in [4.69, 9.17) is 0 Å². The Morgan fingerprint density at radius 2 is 1.52 bits per heavy atom. The van der Waals surface area contributed by atoms with Crippen LogP contribution in [0.1, 0.15) is 17.3 Å². The van der Waals surface area contributed by atoms with E-state index in [1.807, 2.05) is 0 Å². The largest absolute Gasteiger partial charge is 0.462 e. The molecule has 1 aromatic rings. The van der Waals surface area contributed by atoms with Gasteiger partial charge in [0.15, 0.2) is 0 Å². The van der Waals surface area contributed by atoms with E-state index in [-0.39, 0.29) is 12.2 Å². The molecule has 0 saturated carbocycles. The van der Waals surface area contributed by atoms with Crippen molar-refractivity contribution in [2.45, 2.75) is 36.7 Å². The minimum atomic E-state index is -6.77. The first kappa shape index (κ1) is 22.8. The molecule has 1 fully saturated rings. The molecule has 14 heteroatoms. The van der Waals surface area contributed by atoms with Crippen molar-refractivity contribution >= 4 is 17.6 Å². The number of ether oxygens (including phenoxy) is 2. The average molecular weight is 439 g/mol. The minimum absolute atomic E-state index is 0.00833. The number of anilines is 1. The number of carbonyl (C=O) groups excluding carboxylic acids is 2. The van der Waals surface area contributed by atoms with Crippen LogP contribution in [0.4, 0.5) is 45.2 Å². The van der Waals surface area contributed by atoms with Crippen molar-refractivity contribution in [3.8, 4) is 0 Å². The van der Waals surface area contributed by atoms with E-state index >= 15 is 0 Å². The zero-order chi connectivity index (χ0) is 22.5. The highest BCUT2D eigenvalue weighted by Crippen LogP contribution is 2.64. The highest BCUT2D eigenvalue weighted by molar-refractivity contribution is 5.97. The predicted octanol–water partition coefficient (Wildman–Crippen LogP) is 4.00. The van der Waals surface area contributed by atoms with E-state index in [0.29, 0.717) is 0 Å². The van der Waals surface area contributed by atoms with Crippen LogP contribution in [0.2, 0.25) is 0 Å². The van der Waals surface area contributed by atoms with E-state index in [2.05, 4.69) is 9.47 Å². The van der Waals surface area contributed by atoms with Crippen molar-refractivity contribution in [1.29, 1.82) is 0 Å². The number of carbonyl (C=O) groups is 2. The second-order valence-electron chi connectivity index (χ2n) is 5.69. The first-order chi connectivity index (χ1) is 13.0. The van der Waals surface area contributed by atoms with Crippen molar-refractivity contribution in [3.05, 3.63) is 29.8 Å². The molecule has 0 unspecified atom stereocenters. The Kier molecular flexibility index (Phi) is 5.32. The maximum absolute atomic E-state index is 14.1. The zero-order valence-corrected chi connectivity index (χ0v) is 14.1. The van der Waals surface area contributed by atoms with Crippen LogP contribution in [0.25, 0.3) is 0 Å². The van der Waals surface area contributed by atoms with Gasteiger partial charge >= 0.3 is 41.6 Å². The van der Waals surface area contributed by atoms with Gasteiger partial charge in [0.25, 0.3) is 0 Å². The lowest BCUT2D eigenvalue weighted by molar-refractivity contribution is -0.366. The van der Waals surface area contributed by atoms with Gasteiger partial charge in [-0.2, -0.15) is 39.5 Å². The highest BCUT2D eigenvalue weighted by atomic mass is 19.4. The monoisotopic (exact) mass is 439 g/mol. The number of nitrogens with one attached hydrogen (secondary N) is 1. The van der Waals surface area contributed by atoms with Gasteiger partial charge in [-0.15, -0.1) is 0 Å². The van der Waals surface area contributed by atoms with Gasteiger partial charge in [0.05, 0.1) is 12.2 Å². The SMILES string of the molecule is CCOC(=O)c1ccc(NC(=O)C(F)(F)[C@]2(F)OC(F)(F)C(F)(F)C2(F)F)cc1. The van der Waals surface area contributed by atoms with Crippen LogP contribution < -0.4 is 5.32 Å². The second-order valence-corrected chi connectivity index (χ2v) is 5.69. The van der Waals surface area contributed by atoms with Crippen molar-refractivity contribution in [1.82, 2.24) is 0 Å². The number of hydrogen-bond donors (Lipinski definition) is 1. The van der Waals surface area contributed by atoms with Crippen LogP contribution >= 0.6 is 0 Å². The van der Waals surface area contributed by atoms with Crippen LogP contribution in [0, 0.1) is 0 Å². The quantitative estimate of drug-likeness (QED) is 0.557. The Bertz CT molecular complexity index is 813. The number of alkyl halides is 9. The molecular formula is C15H10F9NO4. The fraction of sp³-hybridized carbons (Fsp3) is 0.467. The van der Waals surface area contributed by atoms with Gasteiger partial charge < -0.3 is 10.1 Å². The number of amides is 1. The number of benzene rings is 1. The Morgan fingerprint density at radius 3 is 1.93 bits per heavy atom. The molecule has 0 aromatic heterocycles. The van der Waals surface area contributed by atoms with Crippen LogP contribution in [-0.4, -0.2) is 48.2 Å². The normalized spacial score (nSPS) is 24.8. The lowest BCUT2D eigenvalue weighted by atomic mass is 9.99. The maximum atomic E-state index is 14.1. The van der Waals surface area contributed by atoms with Crippen molar-refractivity contribution in [2.75, 3.05) is 11.9 Å². The standard InChI is InChI=1S/C15H10F9NO4/c1-2-28-9(26)7-3-5-8(6-4-7)25-10(27)11(16,17)14(22)12(18,19)13(20,21)15(23,24)29-14/h3-6H,2H2,1H3,(H,25,27)/t14-/m0/s1. The van der Waals surface area contributed by atoms with Gasteiger partial charge in [0.2, 0.25) is 0 Å². The summed E-state index contributed by atoms with van der Waals surface area (Å²) in [4.78, 5) is 23.0. The molecule has 1 saturated heterocycles. The summed E-state index contributed by atoms with van der Waals surface area (Å²) < 4.78 is 128. The molecule has 29 heavy (non-hydrogen) atoms. The summed E-state index contributed by atoms with van der Waals surface area (Å²) >= 11 is 0.